The molecule has 0 aliphatic heterocycles. The molecule has 2 heterocycles. The SMILES string of the molecule is Cc1ccc(C)c(-n2c(=O)c3ccccc3n3c(SCC(=O)NC(=O)NC(C)C)nnc23)c1. The second-order valence-electron chi connectivity index (χ2n) is 8.03. The van der Waals surface area contributed by atoms with Crippen LogP contribution >= 0.6 is 11.8 Å². The lowest BCUT2D eigenvalue weighted by Crippen LogP contribution is -2.43. The van der Waals surface area contributed by atoms with Gasteiger partial charge in [-0.25, -0.2) is 9.36 Å². The number of rotatable bonds is 5. The average Bonchev–Trinajstić information content (AvgIpc) is 3.18. The third-order valence-electron chi connectivity index (χ3n) is 5.01. The molecule has 3 amide bonds. The quantitative estimate of drug-likeness (QED) is 0.440. The number of aryl methyl sites for hydroxylation is 2. The first-order valence-electron chi connectivity index (χ1n) is 10.5. The number of hydrogen-bond donors (Lipinski definition) is 2. The smallest absolute Gasteiger partial charge is 0.321 e. The lowest BCUT2D eigenvalue weighted by atomic mass is 10.1. The van der Waals surface area contributed by atoms with Crippen LogP contribution in [-0.2, 0) is 4.79 Å². The maximum atomic E-state index is 13.5. The van der Waals surface area contributed by atoms with Gasteiger partial charge in [0.25, 0.3) is 5.56 Å². The fourth-order valence-electron chi connectivity index (χ4n) is 3.54. The van der Waals surface area contributed by atoms with E-state index < -0.39 is 11.9 Å². The van der Waals surface area contributed by atoms with Crippen molar-refractivity contribution < 1.29 is 9.59 Å². The van der Waals surface area contributed by atoms with Crippen molar-refractivity contribution in [3.8, 4) is 5.69 Å². The molecule has 0 bridgehead atoms. The van der Waals surface area contributed by atoms with E-state index in [0.717, 1.165) is 28.6 Å². The van der Waals surface area contributed by atoms with Gasteiger partial charge >= 0.3 is 6.03 Å². The summed E-state index contributed by atoms with van der Waals surface area (Å²) in [6, 6.07) is 12.5. The van der Waals surface area contributed by atoms with Crippen LogP contribution in [0.1, 0.15) is 25.0 Å². The summed E-state index contributed by atoms with van der Waals surface area (Å²) in [4.78, 5) is 37.5. The molecule has 2 aromatic carbocycles. The van der Waals surface area contributed by atoms with E-state index in [-0.39, 0.29) is 17.4 Å². The van der Waals surface area contributed by atoms with E-state index >= 15 is 0 Å². The Labute approximate surface area is 194 Å². The van der Waals surface area contributed by atoms with Gasteiger partial charge in [-0.2, -0.15) is 0 Å². The summed E-state index contributed by atoms with van der Waals surface area (Å²) in [5.41, 5.74) is 3.11. The van der Waals surface area contributed by atoms with Crippen molar-refractivity contribution in [2.75, 3.05) is 5.75 Å². The highest BCUT2D eigenvalue weighted by atomic mass is 32.2. The maximum absolute atomic E-state index is 13.5. The molecule has 0 atom stereocenters. The maximum Gasteiger partial charge on any atom is 0.321 e. The zero-order valence-electron chi connectivity index (χ0n) is 18.7. The zero-order valence-corrected chi connectivity index (χ0v) is 19.6. The highest BCUT2D eigenvalue weighted by molar-refractivity contribution is 7.99. The lowest BCUT2D eigenvalue weighted by Gasteiger charge is -2.14. The van der Waals surface area contributed by atoms with Gasteiger partial charge in [-0.15, -0.1) is 10.2 Å². The number of benzene rings is 2. The molecule has 0 radical (unpaired) electrons. The van der Waals surface area contributed by atoms with Crippen LogP contribution in [0.2, 0.25) is 0 Å². The number of para-hydroxylation sites is 1. The standard InChI is InChI=1S/C23H24N6O3S/c1-13(2)24-21(32)25-19(30)12-33-23-27-26-22-28(18-11-14(3)9-10-15(18)4)20(31)16-7-5-6-8-17(16)29(22)23/h5-11,13H,12H2,1-4H3,(H2,24,25,30,32). The number of thioether (sulfide) groups is 1. The van der Waals surface area contributed by atoms with E-state index in [2.05, 4.69) is 20.8 Å². The molecule has 0 fully saturated rings. The Morgan fingerprint density at radius 2 is 1.85 bits per heavy atom. The summed E-state index contributed by atoms with van der Waals surface area (Å²) in [5, 5.41) is 14.4. The lowest BCUT2D eigenvalue weighted by molar-refractivity contribution is -0.117. The number of aromatic nitrogens is 4. The molecule has 9 nitrogen and oxygen atoms in total. The van der Waals surface area contributed by atoms with Crippen LogP contribution in [-0.4, -0.2) is 42.9 Å². The Balaban J connectivity index is 1.79. The summed E-state index contributed by atoms with van der Waals surface area (Å²) in [5.74, 6) is -0.140. The molecule has 10 heteroatoms. The third kappa shape index (κ3) is 4.47. The van der Waals surface area contributed by atoms with Crippen LogP contribution in [0.4, 0.5) is 4.79 Å². The predicted molar refractivity (Wildman–Crippen MR) is 128 cm³/mol. The van der Waals surface area contributed by atoms with Crippen LogP contribution in [0.3, 0.4) is 0 Å². The summed E-state index contributed by atoms with van der Waals surface area (Å²) in [7, 11) is 0. The number of nitrogens with one attached hydrogen (secondary N) is 2. The topological polar surface area (TPSA) is 110 Å². The normalized spacial score (nSPS) is 11.3. The first kappa shape index (κ1) is 22.5. The average molecular weight is 465 g/mol. The van der Waals surface area contributed by atoms with Crippen molar-refractivity contribution in [1.29, 1.82) is 0 Å². The van der Waals surface area contributed by atoms with Gasteiger partial charge in [-0.1, -0.05) is 36.0 Å². The Kier molecular flexibility index (Phi) is 6.19. The highest BCUT2D eigenvalue weighted by Crippen LogP contribution is 2.24. The van der Waals surface area contributed by atoms with Gasteiger partial charge in [0.2, 0.25) is 11.7 Å². The molecule has 0 aliphatic carbocycles. The van der Waals surface area contributed by atoms with Gasteiger partial charge < -0.3 is 5.32 Å². The molecule has 0 unspecified atom stereocenters. The Morgan fingerprint density at radius 1 is 1.09 bits per heavy atom. The fraction of sp³-hybridized carbons (Fsp3) is 0.261. The van der Waals surface area contributed by atoms with Crippen molar-refractivity contribution in [3.05, 3.63) is 63.9 Å². The Bertz CT molecular complexity index is 1440. The number of urea groups is 1. The van der Waals surface area contributed by atoms with Gasteiger partial charge in [0.05, 0.1) is 22.3 Å². The van der Waals surface area contributed by atoms with Crippen LogP contribution in [0.15, 0.2) is 52.4 Å². The summed E-state index contributed by atoms with van der Waals surface area (Å²) >= 11 is 1.14. The molecule has 33 heavy (non-hydrogen) atoms. The zero-order chi connectivity index (χ0) is 23.7. The Morgan fingerprint density at radius 3 is 2.61 bits per heavy atom. The van der Waals surface area contributed by atoms with Crippen molar-refractivity contribution in [2.24, 2.45) is 0 Å². The van der Waals surface area contributed by atoms with Gasteiger partial charge in [0.1, 0.15) is 0 Å². The van der Waals surface area contributed by atoms with Crippen LogP contribution < -0.4 is 16.2 Å². The minimum Gasteiger partial charge on any atom is -0.336 e. The predicted octanol–water partition coefficient (Wildman–Crippen LogP) is 2.98. The van der Waals surface area contributed by atoms with Crippen molar-refractivity contribution in [3.63, 3.8) is 0 Å². The van der Waals surface area contributed by atoms with E-state index in [1.807, 2.05) is 58.0 Å². The Hall–Kier alpha value is -3.66. The number of hydrogen-bond acceptors (Lipinski definition) is 6. The number of carbonyl (C=O) groups excluding carboxylic acids is 2. The minimum atomic E-state index is -0.545. The third-order valence-corrected chi connectivity index (χ3v) is 5.93. The van der Waals surface area contributed by atoms with Gasteiger partial charge in [-0.05, 0) is 57.0 Å². The largest absolute Gasteiger partial charge is 0.336 e. The van der Waals surface area contributed by atoms with Gasteiger partial charge in [0.15, 0.2) is 5.16 Å². The number of nitrogens with zero attached hydrogens (tertiary/aromatic N) is 4. The monoisotopic (exact) mass is 464 g/mol. The first-order valence-corrected chi connectivity index (χ1v) is 11.4. The second kappa shape index (κ2) is 9.07. The molecule has 0 spiro atoms. The molecule has 4 rings (SSSR count). The van der Waals surface area contributed by atoms with Crippen LogP contribution in [0.5, 0.6) is 0 Å². The van der Waals surface area contributed by atoms with E-state index in [1.165, 1.54) is 0 Å². The number of amides is 3. The molecule has 2 N–H and O–H groups in total. The van der Waals surface area contributed by atoms with E-state index in [4.69, 9.17) is 0 Å². The second-order valence-corrected chi connectivity index (χ2v) is 8.97. The van der Waals surface area contributed by atoms with Gasteiger partial charge in [-0.3, -0.25) is 19.3 Å². The summed E-state index contributed by atoms with van der Waals surface area (Å²) < 4.78 is 3.32. The highest BCUT2D eigenvalue weighted by Gasteiger charge is 2.20. The molecular weight excluding hydrogens is 440 g/mol. The number of fused-ring (bicyclic) bond motifs is 3. The van der Waals surface area contributed by atoms with Gasteiger partial charge in [0, 0.05) is 6.04 Å². The molecule has 0 saturated carbocycles. The minimum absolute atomic E-state index is 0.0385. The van der Waals surface area contributed by atoms with Crippen LogP contribution in [0.25, 0.3) is 22.4 Å². The van der Waals surface area contributed by atoms with E-state index in [1.54, 1.807) is 21.1 Å². The molecule has 4 aromatic rings. The van der Waals surface area contributed by atoms with Crippen LogP contribution in [0, 0.1) is 13.8 Å². The van der Waals surface area contributed by atoms with Crippen molar-refractivity contribution >= 4 is 40.4 Å². The number of imide groups is 1. The van der Waals surface area contributed by atoms with Crippen molar-refractivity contribution in [1.82, 2.24) is 29.8 Å². The molecule has 170 valence electrons. The molecule has 2 aromatic heterocycles. The first-order chi connectivity index (χ1) is 15.8. The molecule has 0 saturated heterocycles. The van der Waals surface area contributed by atoms with Crippen molar-refractivity contribution in [2.45, 2.75) is 38.9 Å². The fourth-order valence-corrected chi connectivity index (χ4v) is 4.28. The summed E-state index contributed by atoms with van der Waals surface area (Å²) in [6.07, 6.45) is 0. The van der Waals surface area contributed by atoms with E-state index in [9.17, 15) is 14.4 Å². The number of carbonyl (C=O) groups is 2. The molecular formula is C23H24N6O3S. The summed E-state index contributed by atoms with van der Waals surface area (Å²) in [6.45, 7) is 7.51. The molecule has 0 aliphatic rings. The van der Waals surface area contributed by atoms with E-state index in [0.29, 0.717) is 21.8 Å².